The number of carboxylic acids is 1. The number of aliphatic hydroxyl groups excluding tert-OH is 3. The number of carbonyl (C=O) groups excluding carboxylic acids is 10. The van der Waals surface area contributed by atoms with Crippen LogP contribution in [-0.2, 0) is 128 Å². The van der Waals surface area contributed by atoms with Crippen LogP contribution in [0, 0.1) is 29.6 Å². The van der Waals surface area contributed by atoms with Crippen molar-refractivity contribution in [2.75, 3.05) is 196 Å². The van der Waals surface area contributed by atoms with Crippen molar-refractivity contribution in [3.05, 3.63) is 35.2 Å². The molecule has 39 nitrogen and oxygen atoms in total. The number of nitrogens with two attached hydrogens (primary N) is 2. The van der Waals surface area contributed by atoms with Crippen LogP contribution in [0.25, 0.3) is 10.9 Å². The van der Waals surface area contributed by atoms with E-state index in [1.807, 2.05) is 0 Å². The van der Waals surface area contributed by atoms with Crippen molar-refractivity contribution in [1.82, 2.24) is 47.1 Å². The number of aromatic nitrogens is 1. The number of ketones is 2. The van der Waals surface area contributed by atoms with Gasteiger partial charge in [-0.15, -0.1) is 0 Å². The molecule has 2 aromatic rings. The molecule has 3 aliphatic heterocycles. The quantitative estimate of drug-likeness (QED) is 0.0283. The number of thioether (sulfide) groups is 1. The van der Waals surface area contributed by atoms with Crippen molar-refractivity contribution < 1.29 is 135 Å². The zero-order valence-electron chi connectivity index (χ0n) is 66.0. The van der Waals surface area contributed by atoms with E-state index in [2.05, 4.69) is 42.2 Å². The molecule has 0 radical (unpaired) electrons. The van der Waals surface area contributed by atoms with Gasteiger partial charge in [0.1, 0.15) is 28.9 Å². The summed E-state index contributed by atoms with van der Waals surface area (Å²) in [6.07, 6.45) is -4.22. The maximum Gasteiger partial charge on any atom is 0.304 e. The van der Waals surface area contributed by atoms with E-state index in [4.69, 9.17) is 68.7 Å². The van der Waals surface area contributed by atoms with Gasteiger partial charge in [0, 0.05) is 90.4 Å². The van der Waals surface area contributed by atoms with Crippen LogP contribution in [0.5, 0.6) is 5.75 Å². The van der Waals surface area contributed by atoms with Crippen LogP contribution in [0.15, 0.2) is 29.1 Å². The van der Waals surface area contributed by atoms with Crippen molar-refractivity contribution in [2.24, 2.45) is 41.1 Å². The average molecular weight is 1670 g/mol. The molecular weight excluding hydrogens is 1550 g/mol. The van der Waals surface area contributed by atoms with E-state index in [0.29, 0.717) is 161 Å². The normalized spacial score (nSPS) is 21.6. The first kappa shape index (κ1) is 98.0. The van der Waals surface area contributed by atoms with Gasteiger partial charge in [0.2, 0.25) is 47.3 Å². The molecule has 0 aliphatic carbocycles. The first-order chi connectivity index (χ1) is 55.2. The molecule has 17 N–H and O–H groups in total. The number of nitrogens with zero attached hydrogens (tertiary/aromatic N) is 1. The fourth-order valence-corrected chi connectivity index (χ4v) is 14.5. The summed E-state index contributed by atoms with van der Waals surface area (Å²) in [5.74, 6) is -15.3. The van der Waals surface area contributed by atoms with E-state index in [0.717, 1.165) is 4.90 Å². The van der Waals surface area contributed by atoms with E-state index < -0.39 is 200 Å². The number of rotatable bonds is 51. The number of fused-ring (bicyclic) bond motifs is 5. The van der Waals surface area contributed by atoms with Crippen LogP contribution in [-0.4, -0.2) is 337 Å². The molecule has 5 rings (SSSR count). The van der Waals surface area contributed by atoms with Crippen LogP contribution in [0.3, 0.4) is 0 Å². The first-order valence-electron chi connectivity index (χ1n) is 38.6. The van der Waals surface area contributed by atoms with Gasteiger partial charge in [-0.3, -0.25) is 56.9 Å². The minimum Gasteiger partial charge on any atom is -0.508 e. The standard InChI is InChI=1S/C74H119N11O28S2/c1-5-46(2)54-35-51(87)40-79-69(97)49-33-55-53-6-7-60(89)56(67(53)84-73(55)115(102)45-58(81-64(93)41-80-70(54)98)71(99)82-57(37-63(76)92)74(101)85-42-52(88)36-59(85)72(100)83-66(61(90)34-49)48(4)62(91)43-86)44-114-31-30-113-29-28-112-27-26-111-25-24-110-23-22-109-21-20-108-19-18-107-17-16-106-15-14-105-13-12-104-11-10-103-9-8-77-38-50(75)39-78-68(96)47(3)32-65(94)95/h6-7,38,46-49,52,54,57-59,62,66,77,84,86,88-89,91H,5,8-37,39-45,75H2,1-4H3,(H2,76,92)(H,78,96)(H,79,97)(H,80,98)(H,81,93)(H,82,99)(H,83,100)(H,94,95)/b50-38-/t46-,47?,48-,49+,52+,54-,57-,58+,59-,62-,66-,115?/m0/s1. The molecule has 1 aromatic carbocycles. The molecule has 2 unspecified atom stereocenters. The predicted octanol–water partition coefficient (Wildman–Crippen LogP) is -3.71. The summed E-state index contributed by atoms with van der Waals surface area (Å²) in [4.78, 5) is 154. The van der Waals surface area contributed by atoms with Crippen LogP contribution < -0.4 is 48.7 Å². The Labute approximate surface area is 674 Å². The number of aliphatic carboxylic acids is 1. The van der Waals surface area contributed by atoms with E-state index in [1.54, 1.807) is 20.0 Å². The number of phenols is 1. The number of hydrogen-bond acceptors (Lipinski definition) is 30. The summed E-state index contributed by atoms with van der Waals surface area (Å²) in [7, 11) is -2.45. The van der Waals surface area contributed by atoms with Gasteiger partial charge >= 0.3 is 5.97 Å². The smallest absolute Gasteiger partial charge is 0.304 e. The van der Waals surface area contributed by atoms with Crippen LogP contribution in [0.1, 0.15) is 77.3 Å². The topological polar surface area (TPSA) is 563 Å². The van der Waals surface area contributed by atoms with Crippen molar-refractivity contribution in [3.8, 4) is 5.75 Å². The highest BCUT2D eigenvalue weighted by Gasteiger charge is 2.45. The summed E-state index contributed by atoms with van der Waals surface area (Å²) in [5, 5.41) is 70.6. The minimum atomic E-state index is -2.45. The molecule has 1 aromatic heterocycles. The zero-order valence-corrected chi connectivity index (χ0v) is 67.6. The lowest BCUT2D eigenvalue weighted by Gasteiger charge is -2.32. The summed E-state index contributed by atoms with van der Waals surface area (Å²) in [6, 6.07) is -4.17. The van der Waals surface area contributed by atoms with Crippen molar-refractivity contribution in [3.63, 3.8) is 0 Å². The maximum atomic E-state index is 15.3. The number of ether oxygens (including phenoxy) is 11. The molecular formula is C74H119N11O28S2. The van der Waals surface area contributed by atoms with E-state index in [1.165, 1.54) is 37.7 Å². The highest BCUT2D eigenvalue weighted by Crippen LogP contribution is 2.37. The molecule has 1 fully saturated rings. The number of aliphatic hydroxyl groups is 3. The molecule has 115 heavy (non-hydrogen) atoms. The summed E-state index contributed by atoms with van der Waals surface area (Å²) in [5.41, 5.74) is 12.5. The maximum absolute atomic E-state index is 15.3. The largest absolute Gasteiger partial charge is 0.508 e. The molecule has 2 bridgehead atoms. The molecule has 3 aliphatic rings. The number of amides is 8. The third-order valence-electron chi connectivity index (χ3n) is 18.9. The van der Waals surface area contributed by atoms with Gasteiger partial charge < -0.3 is 136 Å². The van der Waals surface area contributed by atoms with Crippen LogP contribution >= 0.6 is 11.8 Å². The molecule has 12 atom stereocenters. The fraction of sp³-hybridized carbons (Fsp3) is 0.716. The van der Waals surface area contributed by atoms with Crippen LogP contribution in [0.2, 0.25) is 0 Å². The van der Waals surface area contributed by atoms with Gasteiger partial charge in [-0.05, 0) is 30.0 Å². The van der Waals surface area contributed by atoms with Gasteiger partial charge in [0.25, 0.3) is 0 Å². The highest BCUT2D eigenvalue weighted by atomic mass is 32.2. The molecule has 0 spiro atoms. The number of Topliss-reactive ketones (excluding diaryl/α,β-unsaturated/α-hetero) is 2. The Morgan fingerprint density at radius 2 is 1.23 bits per heavy atom. The highest BCUT2D eigenvalue weighted by molar-refractivity contribution is 7.98. The number of aromatic amines is 1. The Morgan fingerprint density at radius 3 is 1.77 bits per heavy atom. The number of aromatic hydroxyl groups is 1. The number of carbonyl (C=O) groups is 11. The fourth-order valence-electron chi connectivity index (χ4n) is 12.2. The second-order valence-electron chi connectivity index (χ2n) is 27.7. The molecule has 650 valence electrons. The predicted molar refractivity (Wildman–Crippen MR) is 415 cm³/mol. The third kappa shape index (κ3) is 36.4. The number of carboxylic acid groups (broad SMARTS) is 1. The van der Waals surface area contributed by atoms with E-state index >= 15 is 4.21 Å². The van der Waals surface area contributed by atoms with Crippen molar-refractivity contribution in [1.29, 1.82) is 0 Å². The number of hydrogen-bond donors (Lipinski definition) is 15. The molecule has 41 heteroatoms. The second-order valence-corrected chi connectivity index (χ2v) is 30.2. The molecule has 0 saturated carbocycles. The SMILES string of the molecule is CC[C@H](C)[C@@H]1CC(=O)CNC(=O)[C@H]2CC(=O)[C@H]([C@@H](C)[C@@H](O)CO)NC(=O)[C@@H]3C[C@@H](O)CN3C(=O)[C@H](CC(N)=O)NC(=O)[C@@H](CS(=O)c3[nH]c4c(CSCCOCCOCCOCCOCCOCCOCCOCCOCCOCCOCCOCCN/C=C(\N)CNC(=O)C(C)CC(=O)O)c(O)ccc4c3C2)NC(=O)CNC1=O. The van der Waals surface area contributed by atoms with Gasteiger partial charge in [-0.25, -0.2) is 0 Å². The Hall–Kier alpha value is -7.59. The summed E-state index contributed by atoms with van der Waals surface area (Å²) >= 11 is 1.36. The number of H-pyrrole nitrogens is 1. The van der Waals surface area contributed by atoms with E-state index in [-0.39, 0.29) is 66.3 Å². The lowest BCUT2D eigenvalue weighted by atomic mass is 9.85. The molecule has 1 saturated heterocycles. The van der Waals surface area contributed by atoms with Gasteiger partial charge in [0.15, 0.2) is 11.6 Å². The first-order valence-corrected chi connectivity index (χ1v) is 41.1. The summed E-state index contributed by atoms with van der Waals surface area (Å²) in [6.45, 7) is 12.2. The van der Waals surface area contributed by atoms with Crippen LogP contribution in [0.4, 0.5) is 0 Å². The van der Waals surface area contributed by atoms with Gasteiger partial charge in [-0.2, -0.15) is 11.8 Å². The average Bonchev–Trinajstić information content (AvgIpc) is 1.71. The van der Waals surface area contributed by atoms with Crippen molar-refractivity contribution >= 4 is 98.3 Å². The minimum absolute atomic E-state index is 0.0978. The number of nitrogens with one attached hydrogen (secondary N) is 8. The second kappa shape index (κ2) is 55.2. The van der Waals surface area contributed by atoms with E-state index in [9.17, 15) is 73.2 Å². The number of phenolic OH excluding ortho intramolecular Hbond substituents is 1. The molecule has 4 heterocycles. The number of benzene rings is 1. The lowest BCUT2D eigenvalue weighted by Crippen LogP contribution is -2.60. The Bertz CT molecular complexity index is 3450. The Kier molecular flexibility index (Phi) is 47.0. The Morgan fingerprint density at radius 1 is 0.696 bits per heavy atom. The monoisotopic (exact) mass is 1670 g/mol. The van der Waals surface area contributed by atoms with Gasteiger partial charge in [-0.1, -0.05) is 34.1 Å². The van der Waals surface area contributed by atoms with Crippen molar-refractivity contribution in [2.45, 2.75) is 120 Å². The lowest BCUT2D eigenvalue weighted by molar-refractivity contribution is -0.144. The number of primary amides is 1. The summed E-state index contributed by atoms with van der Waals surface area (Å²) < 4.78 is 76.5. The third-order valence-corrected chi connectivity index (χ3v) is 21.2. The van der Waals surface area contributed by atoms with Gasteiger partial charge in [0.05, 0.1) is 225 Å². The molecule has 8 amide bonds. The Balaban J connectivity index is 1.03. The zero-order chi connectivity index (χ0) is 84.0.